The first-order valence-corrected chi connectivity index (χ1v) is 6.46. The van der Waals surface area contributed by atoms with Crippen molar-refractivity contribution in [3.05, 3.63) is 41.3 Å². The maximum absolute atomic E-state index is 10.5. The van der Waals surface area contributed by atoms with Crippen LogP contribution in [0.4, 0.5) is 0 Å². The molecule has 2 aromatic rings. The molecule has 0 aliphatic heterocycles. The van der Waals surface area contributed by atoms with E-state index in [1.807, 2.05) is 36.4 Å². The molecule has 0 aliphatic rings. The lowest BCUT2D eigenvalue weighted by molar-refractivity contribution is 0.112. The maximum Gasteiger partial charge on any atom is 0.160 e. The summed E-state index contributed by atoms with van der Waals surface area (Å²) in [5.41, 5.74) is 0. The topological polar surface area (TPSA) is 17.1 Å². The number of carbonyl (C=O) groups excluding carboxylic acids is 1. The van der Waals surface area contributed by atoms with E-state index in [4.69, 9.17) is 0 Å². The van der Waals surface area contributed by atoms with Crippen LogP contribution in [0, 0.1) is 0 Å². The fourth-order valence-electron chi connectivity index (χ4n) is 1.09. The normalized spacial score (nSPS) is 10.2. The summed E-state index contributed by atoms with van der Waals surface area (Å²) in [4.78, 5) is 13.5. The highest BCUT2D eigenvalue weighted by molar-refractivity contribution is 8.01. The molecule has 0 bridgehead atoms. The summed E-state index contributed by atoms with van der Waals surface area (Å²) in [6, 6.07) is 11.9. The minimum Gasteiger partial charge on any atom is -0.297 e. The molecule has 1 aromatic carbocycles. The first-order valence-electron chi connectivity index (χ1n) is 4.32. The van der Waals surface area contributed by atoms with Gasteiger partial charge < -0.3 is 0 Å². The van der Waals surface area contributed by atoms with E-state index in [0.717, 1.165) is 20.3 Å². The molecule has 2 rings (SSSR count). The van der Waals surface area contributed by atoms with Crippen molar-refractivity contribution in [3.8, 4) is 0 Å². The fourth-order valence-corrected chi connectivity index (χ4v) is 3.20. The van der Waals surface area contributed by atoms with Gasteiger partial charge in [0.25, 0.3) is 0 Å². The van der Waals surface area contributed by atoms with E-state index >= 15 is 0 Å². The molecule has 0 fully saturated rings. The predicted octanol–water partition coefficient (Wildman–Crippen LogP) is 3.08. The second-order valence-corrected chi connectivity index (χ2v) is 5.97. The number of hydrogen-bond acceptors (Lipinski definition) is 3. The second-order valence-electron chi connectivity index (χ2n) is 2.90. The molecule has 0 atom stereocenters. The zero-order valence-corrected chi connectivity index (χ0v) is 10.4. The highest BCUT2D eigenvalue weighted by atomic mass is 32.2. The van der Waals surface area contributed by atoms with Crippen LogP contribution in [0.3, 0.4) is 0 Å². The molecule has 0 unspecified atom stereocenters. The van der Waals surface area contributed by atoms with Crippen LogP contribution in [-0.4, -0.2) is 6.29 Å². The van der Waals surface area contributed by atoms with Crippen molar-refractivity contribution in [1.82, 2.24) is 0 Å². The number of aldehydes is 1. The van der Waals surface area contributed by atoms with Crippen molar-refractivity contribution in [1.29, 1.82) is 0 Å². The molecule has 0 radical (unpaired) electrons. The van der Waals surface area contributed by atoms with Gasteiger partial charge in [-0.15, -0.1) is 11.3 Å². The predicted molar refractivity (Wildman–Crippen MR) is 68.7 cm³/mol. The Morgan fingerprint density at radius 3 is 2.47 bits per heavy atom. The number of thiophene rings is 1. The van der Waals surface area contributed by atoms with Crippen LogP contribution in [-0.2, 0) is 12.6 Å². The molecule has 76 valence electrons. The molecule has 0 aliphatic carbocycles. The van der Waals surface area contributed by atoms with E-state index in [0.29, 0.717) is 0 Å². The van der Waals surface area contributed by atoms with E-state index in [1.165, 1.54) is 16.2 Å². The van der Waals surface area contributed by atoms with Gasteiger partial charge in [0, 0.05) is 4.90 Å². The largest absolute Gasteiger partial charge is 0.297 e. The third kappa shape index (κ3) is 2.87. The molecular weight excluding hydrogens is 244 g/mol. The van der Waals surface area contributed by atoms with Gasteiger partial charge in [-0.2, -0.15) is 0 Å². The van der Waals surface area contributed by atoms with Crippen molar-refractivity contribution in [2.75, 3.05) is 0 Å². The molecule has 15 heavy (non-hydrogen) atoms. The average Bonchev–Trinajstić information content (AvgIpc) is 2.69. The zero-order valence-electron chi connectivity index (χ0n) is 7.77. The molecule has 4 heteroatoms. The average molecular weight is 253 g/mol. The van der Waals surface area contributed by atoms with Crippen molar-refractivity contribution in [2.45, 2.75) is 14.0 Å². The fraction of sp³-hybridized carbons (Fsp3) is 0. The summed E-state index contributed by atoms with van der Waals surface area (Å²) in [6.45, 7) is 0. The van der Waals surface area contributed by atoms with Gasteiger partial charge in [-0.25, -0.2) is 0 Å². The van der Waals surface area contributed by atoms with E-state index in [-0.39, 0.29) is 0 Å². The molecule has 0 N–H and O–H groups in total. The lowest BCUT2D eigenvalue weighted by Gasteiger charge is -1.96. The maximum atomic E-state index is 10.5. The molecule has 0 spiro atoms. The van der Waals surface area contributed by atoms with Crippen LogP contribution in [0.15, 0.2) is 50.4 Å². The van der Waals surface area contributed by atoms with Crippen molar-refractivity contribution in [3.63, 3.8) is 0 Å². The van der Waals surface area contributed by atoms with Gasteiger partial charge in [-0.3, -0.25) is 4.79 Å². The van der Waals surface area contributed by atoms with Gasteiger partial charge in [0.2, 0.25) is 0 Å². The molecule has 1 aromatic heterocycles. The van der Waals surface area contributed by atoms with Crippen LogP contribution in [0.25, 0.3) is 0 Å². The Morgan fingerprint density at radius 1 is 1.13 bits per heavy atom. The number of benzene rings is 1. The van der Waals surface area contributed by atoms with Gasteiger partial charge in [0.15, 0.2) is 6.29 Å². The number of hydrogen-bond donors (Lipinski definition) is 0. The first kappa shape index (κ1) is 10.8. The van der Waals surface area contributed by atoms with E-state index in [2.05, 4.69) is 12.6 Å². The smallest absolute Gasteiger partial charge is 0.160 e. The van der Waals surface area contributed by atoms with Gasteiger partial charge in [-0.05, 0) is 49.0 Å². The van der Waals surface area contributed by atoms with E-state index in [1.54, 1.807) is 11.8 Å². The monoisotopic (exact) mass is 253 g/mol. The zero-order chi connectivity index (χ0) is 10.7. The molecule has 1 nitrogen and oxygen atoms in total. The summed E-state index contributed by atoms with van der Waals surface area (Å²) in [7, 11) is 0. The standard InChI is InChI=1S/C11H8OS3/c12-7-10-5-6-11(15-10)14-9-3-1-8(13)2-4-9/h1-7,13H/p+1. The number of rotatable bonds is 3. The third-order valence-corrected chi connectivity index (χ3v) is 4.27. The lowest BCUT2D eigenvalue weighted by Crippen LogP contribution is -1.71. The Bertz CT molecular complexity index is 459. The second kappa shape index (κ2) is 4.88. The Labute approximate surface area is 102 Å². The van der Waals surface area contributed by atoms with Crippen molar-refractivity contribution >= 4 is 42.0 Å². The highest BCUT2D eigenvalue weighted by Gasteiger charge is 2.02. The highest BCUT2D eigenvalue weighted by Crippen LogP contribution is 2.32. The van der Waals surface area contributed by atoms with Gasteiger partial charge >= 0.3 is 0 Å². The van der Waals surface area contributed by atoms with Crippen LogP contribution in [0.5, 0.6) is 0 Å². The van der Waals surface area contributed by atoms with Crippen LogP contribution < -0.4 is 0 Å². The Kier molecular flexibility index (Phi) is 3.51. The van der Waals surface area contributed by atoms with Crippen LogP contribution in [0.2, 0.25) is 0 Å². The minimum absolute atomic E-state index is 0.772. The van der Waals surface area contributed by atoms with Crippen molar-refractivity contribution < 1.29 is 4.79 Å². The van der Waals surface area contributed by atoms with E-state index in [9.17, 15) is 4.79 Å². The third-order valence-electron chi connectivity index (χ3n) is 1.79. The van der Waals surface area contributed by atoms with Crippen LogP contribution >= 0.6 is 23.1 Å². The first-order chi connectivity index (χ1) is 7.28. The molecular formula is C11H9OS3+. The molecule has 0 saturated heterocycles. The Hall–Kier alpha value is -0.710. The quantitative estimate of drug-likeness (QED) is 0.617. The number of carbonyl (C=O) groups is 1. The lowest BCUT2D eigenvalue weighted by atomic mass is 10.4. The minimum atomic E-state index is 0.772. The summed E-state index contributed by atoms with van der Waals surface area (Å²) in [6.07, 6.45) is 0.885. The van der Waals surface area contributed by atoms with Crippen molar-refractivity contribution in [2.24, 2.45) is 0 Å². The summed E-state index contributed by atoms with van der Waals surface area (Å²) < 4.78 is 1.14. The van der Waals surface area contributed by atoms with Gasteiger partial charge in [0.05, 0.1) is 9.09 Å². The summed E-state index contributed by atoms with van der Waals surface area (Å²) in [5, 5.41) is 0. The Balaban J connectivity index is 2.14. The van der Waals surface area contributed by atoms with Gasteiger partial charge in [0.1, 0.15) is 4.90 Å². The van der Waals surface area contributed by atoms with Gasteiger partial charge in [-0.1, -0.05) is 11.8 Å². The molecule has 0 amide bonds. The Morgan fingerprint density at radius 2 is 1.87 bits per heavy atom. The molecule has 1 heterocycles. The van der Waals surface area contributed by atoms with E-state index < -0.39 is 0 Å². The SMILES string of the molecule is O=Cc1ccc(Sc2ccc([SH2+])cc2)s1. The molecule has 0 saturated carbocycles. The summed E-state index contributed by atoms with van der Waals surface area (Å²) >= 11 is 6.63. The summed E-state index contributed by atoms with van der Waals surface area (Å²) in [5.74, 6) is 0. The van der Waals surface area contributed by atoms with Crippen LogP contribution in [0.1, 0.15) is 9.67 Å².